The molecule has 2 aliphatic heterocycles. The van der Waals surface area contributed by atoms with E-state index in [1.54, 1.807) is 4.90 Å². The lowest BCUT2D eigenvalue weighted by Gasteiger charge is -2.22. The van der Waals surface area contributed by atoms with Crippen LogP contribution in [0.1, 0.15) is 31.2 Å². The summed E-state index contributed by atoms with van der Waals surface area (Å²) in [5.41, 5.74) is 0.445. The zero-order valence-corrected chi connectivity index (χ0v) is 18.8. The van der Waals surface area contributed by atoms with E-state index < -0.39 is 23.9 Å². The molecule has 1 aromatic rings. The molecule has 35 heavy (non-hydrogen) atoms. The highest BCUT2D eigenvalue weighted by atomic mass is 19.4. The highest BCUT2D eigenvalue weighted by Gasteiger charge is 2.50. The zero-order chi connectivity index (χ0) is 26.0. The van der Waals surface area contributed by atoms with E-state index >= 15 is 0 Å². The number of pyridine rings is 1. The average molecular weight is 512 g/mol. The molecule has 1 amide bonds. The molecule has 0 aromatic carbocycles. The van der Waals surface area contributed by atoms with E-state index in [0.717, 1.165) is 19.4 Å². The van der Waals surface area contributed by atoms with Crippen molar-refractivity contribution in [3.05, 3.63) is 17.4 Å². The highest BCUT2D eigenvalue weighted by Crippen LogP contribution is 2.47. The fourth-order valence-corrected chi connectivity index (χ4v) is 4.66. The van der Waals surface area contributed by atoms with Gasteiger partial charge in [0.05, 0.1) is 13.2 Å². The number of carbonyl (C=O) groups is 2. The van der Waals surface area contributed by atoms with Crippen LogP contribution in [0.4, 0.5) is 32.2 Å². The van der Waals surface area contributed by atoms with E-state index in [1.165, 1.54) is 13.2 Å². The van der Waals surface area contributed by atoms with Crippen LogP contribution in [-0.2, 0) is 16.1 Å². The van der Waals surface area contributed by atoms with E-state index in [9.17, 15) is 31.1 Å². The van der Waals surface area contributed by atoms with Crippen molar-refractivity contribution in [1.29, 1.82) is 0 Å². The van der Waals surface area contributed by atoms with Crippen molar-refractivity contribution in [2.45, 2.75) is 50.4 Å². The maximum Gasteiger partial charge on any atom is 0.490 e. The van der Waals surface area contributed by atoms with Crippen LogP contribution in [0.5, 0.6) is 5.88 Å². The smallest absolute Gasteiger partial charge is 0.481 e. The Kier molecular flexibility index (Phi) is 8.02. The first-order valence-corrected chi connectivity index (χ1v) is 11.0. The summed E-state index contributed by atoms with van der Waals surface area (Å²) in [6.45, 7) is 1.67. The minimum Gasteiger partial charge on any atom is -0.481 e. The number of alkyl halides is 5. The molecule has 3 heterocycles. The number of halogens is 6. The van der Waals surface area contributed by atoms with Crippen LogP contribution in [0.25, 0.3) is 0 Å². The predicted octanol–water partition coefficient (Wildman–Crippen LogP) is 2.71. The zero-order valence-electron chi connectivity index (χ0n) is 18.8. The number of rotatable bonds is 5. The van der Waals surface area contributed by atoms with E-state index in [0.29, 0.717) is 18.7 Å². The fraction of sp³-hybridized carbons (Fsp3) is 0.667. The third-order valence-corrected chi connectivity index (χ3v) is 6.26. The van der Waals surface area contributed by atoms with Gasteiger partial charge in [0, 0.05) is 38.0 Å². The van der Waals surface area contributed by atoms with E-state index in [-0.39, 0.29) is 54.9 Å². The molecule has 2 saturated heterocycles. The van der Waals surface area contributed by atoms with E-state index in [4.69, 9.17) is 14.6 Å². The van der Waals surface area contributed by atoms with Crippen molar-refractivity contribution in [1.82, 2.24) is 15.6 Å². The summed E-state index contributed by atoms with van der Waals surface area (Å²) >= 11 is 0. The van der Waals surface area contributed by atoms with E-state index in [2.05, 4.69) is 15.6 Å². The maximum absolute atomic E-state index is 14.7. The summed E-state index contributed by atoms with van der Waals surface area (Å²) in [6, 6.07) is 1.09. The molecule has 14 heteroatoms. The number of carboxylic acids is 1. The van der Waals surface area contributed by atoms with Crippen LogP contribution in [0, 0.1) is 17.7 Å². The Morgan fingerprint density at radius 2 is 1.89 bits per heavy atom. The number of anilines is 1. The van der Waals surface area contributed by atoms with Gasteiger partial charge in [0.1, 0.15) is 0 Å². The van der Waals surface area contributed by atoms with Crippen LogP contribution < -0.4 is 20.3 Å². The van der Waals surface area contributed by atoms with Crippen LogP contribution in [0.2, 0.25) is 0 Å². The first-order chi connectivity index (χ1) is 16.3. The molecular weight excluding hydrogens is 486 g/mol. The molecular formula is C21H26F6N4O4. The molecule has 3 N–H and O–H groups in total. The van der Waals surface area contributed by atoms with Crippen molar-refractivity contribution in [2.75, 3.05) is 31.6 Å². The number of carboxylic acid groups (broad SMARTS) is 1. The van der Waals surface area contributed by atoms with Gasteiger partial charge in [-0.2, -0.15) is 18.2 Å². The highest BCUT2D eigenvalue weighted by molar-refractivity contribution is 5.82. The second-order valence-electron chi connectivity index (χ2n) is 8.82. The summed E-state index contributed by atoms with van der Waals surface area (Å²) in [5.74, 6) is -5.94. The Balaban J connectivity index is 0.000000429. The third-order valence-electron chi connectivity index (χ3n) is 6.26. The molecule has 0 unspecified atom stereocenters. The molecule has 3 aliphatic rings. The SMILES string of the molecule is COc1nc(N2C[C@@H]3CC(F)(F)C[C@@H]3C2)c(F)cc1CNC(=O)[C@@H]1CCCN1.O=C(O)C(F)(F)F. The van der Waals surface area contributed by atoms with Crippen molar-refractivity contribution in [3.63, 3.8) is 0 Å². The number of nitrogens with zero attached hydrogens (tertiary/aromatic N) is 2. The van der Waals surface area contributed by atoms with Gasteiger partial charge in [0.2, 0.25) is 17.7 Å². The summed E-state index contributed by atoms with van der Waals surface area (Å²) in [6.07, 6.45) is -3.64. The van der Waals surface area contributed by atoms with Gasteiger partial charge >= 0.3 is 12.1 Å². The molecule has 8 nitrogen and oxygen atoms in total. The van der Waals surface area contributed by atoms with Gasteiger partial charge in [-0.25, -0.2) is 18.0 Å². The number of hydrogen-bond donors (Lipinski definition) is 3. The predicted molar refractivity (Wildman–Crippen MR) is 111 cm³/mol. The fourth-order valence-electron chi connectivity index (χ4n) is 4.66. The van der Waals surface area contributed by atoms with E-state index in [1.807, 2.05) is 0 Å². The number of fused-ring (bicyclic) bond motifs is 1. The lowest BCUT2D eigenvalue weighted by Crippen LogP contribution is -2.40. The van der Waals surface area contributed by atoms with Gasteiger partial charge in [-0.15, -0.1) is 0 Å². The minimum atomic E-state index is -5.08. The summed E-state index contributed by atoms with van der Waals surface area (Å²) in [7, 11) is 1.44. The standard InChI is InChI=1S/C19H25F3N4O2.C2HF3O2/c1-28-18-11(8-24-17(27)15-3-2-4-23-15)5-14(20)16(25-18)26-9-12-6-19(21,22)7-13(12)10-26;3-2(4,5)1(6)7/h5,12-13,15,23H,2-4,6-10H2,1H3,(H,24,27);(H,6,7)/t12-,13+,15-;/m0./s1. The molecule has 1 saturated carbocycles. The number of nitrogens with one attached hydrogen (secondary N) is 2. The quantitative estimate of drug-likeness (QED) is 0.522. The molecule has 0 radical (unpaired) electrons. The van der Waals surface area contributed by atoms with Crippen molar-refractivity contribution in [2.24, 2.45) is 11.8 Å². The van der Waals surface area contributed by atoms with Crippen LogP contribution in [-0.4, -0.2) is 66.9 Å². The molecule has 196 valence electrons. The molecule has 4 rings (SSSR count). The Morgan fingerprint density at radius 3 is 2.37 bits per heavy atom. The van der Waals surface area contributed by atoms with Gasteiger partial charge in [-0.1, -0.05) is 0 Å². The summed E-state index contributed by atoms with van der Waals surface area (Å²) < 4.78 is 78.9. The Morgan fingerprint density at radius 1 is 1.29 bits per heavy atom. The van der Waals surface area contributed by atoms with Crippen molar-refractivity contribution >= 4 is 17.7 Å². The second-order valence-corrected chi connectivity index (χ2v) is 8.82. The Hall–Kier alpha value is -2.77. The normalized spacial score (nSPS) is 25.0. The molecule has 1 aromatic heterocycles. The van der Waals surface area contributed by atoms with Crippen LogP contribution in [0.15, 0.2) is 6.07 Å². The minimum absolute atomic E-state index is 0.113. The third kappa shape index (κ3) is 6.67. The topological polar surface area (TPSA) is 104 Å². The monoisotopic (exact) mass is 512 g/mol. The Labute approximate surface area is 197 Å². The number of aromatic nitrogens is 1. The largest absolute Gasteiger partial charge is 0.490 e. The molecule has 0 bridgehead atoms. The molecule has 3 fully saturated rings. The number of aliphatic carboxylic acids is 1. The number of amides is 1. The lowest BCUT2D eigenvalue weighted by atomic mass is 10.0. The first kappa shape index (κ1) is 26.8. The Bertz CT molecular complexity index is 923. The number of methoxy groups -OCH3 is 1. The maximum atomic E-state index is 14.7. The van der Waals surface area contributed by atoms with Crippen molar-refractivity contribution in [3.8, 4) is 5.88 Å². The number of ether oxygens (including phenoxy) is 1. The number of hydrogen-bond acceptors (Lipinski definition) is 6. The lowest BCUT2D eigenvalue weighted by molar-refractivity contribution is -0.192. The first-order valence-electron chi connectivity index (χ1n) is 11.0. The molecule has 0 spiro atoms. The van der Waals surface area contributed by atoms with Gasteiger partial charge in [-0.05, 0) is 37.3 Å². The van der Waals surface area contributed by atoms with Crippen LogP contribution >= 0.6 is 0 Å². The van der Waals surface area contributed by atoms with Gasteiger partial charge in [0.25, 0.3) is 0 Å². The van der Waals surface area contributed by atoms with Gasteiger partial charge in [-0.3, -0.25) is 4.79 Å². The van der Waals surface area contributed by atoms with Crippen molar-refractivity contribution < 1.29 is 45.8 Å². The average Bonchev–Trinajstić information content (AvgIpc) is 3.47. The number of carbonyl (C=O) groups excluding carboxylic acids is 1. The van der Waals surface area contributed by atoms with Gasteiger partial charge in [0.15, 0.2) is 11.6 Å². The summed E-state index contributed by atoms with van der Waals surface area (Å²) in [4.78, 5) is 27.1. The second kappa shape index (κ2) is 10.5. The van der Waals surface area contributed by atoms with Crippen LogP contribution in [0.3, 0.4) is 0 Å². The van der Waals surface area contributed by atoms with Gasteiger partial charge < -0.3 is 25.4 Å². The molecule has 3 atom stereocenters. The summed E-state index contributed by atoms with van der Waals surface area (Å²) in [5, 5.41) is 13.0. The molecule has 1 aliphatic carbocycles.